The quantitative estimate of drug-likeness (QED) is 0.273. The van der Waals surface area contributed by atoms with E-state index in [0.717, 1.165) is 35.5 Å². The van der Waals surface area contributed by atoms with Crippen LogP contribution in [0, 0.1) is 0 Å². The van der Waals surface area contributed by atoms with Gasteiger partial charge >= 0.3 is 0 Å². The highest BCUT2D eigenvalue weighted by atomic mass is 127. The number of rotatable bonds is 5. The van der Waals surface area contributed by atoms with Crippen molar-refractivity contribution in [2.75, 3.05) is 13.6 Å². The highest BCUT2D eigenvalue weighted by Gasteiger charge is 2.01. The summed E-state index contributed by atoms with van der Waals surface area (Å²) in [5, 5.41) is 9.16. The molecule has 0 spiro atoms. The number of nitrogens with zero attached hydrogens (tertiary/aromatic N) is 2. The molecule has 120 valence electrons. The molecule has 0 saturated heterocycles. The number of aromatic nitrogens is 1. The first kappa shape index (κ1) is 19.7. The van der Waals surface area contributed by atoms with Gasteiger partial charge in [0.2, 0.25) is 0 Å². The summed E-state index contributed by atoms with van der Waals surface area (Å²) < 4.78 is 1.11. The van der Waals surface area contributed by atoms with E-state index in [1.54, 1.807) is 30.6 Å². The Morgan fingerprint density at radius 3 is 2.82 bits per heavy atom. The fraction of sp³-hybridized carbons (Fsp3) is 0.286. The molecule has 2 rings (SSSR count). The summed E-state index contributed by atoms with van der Waals surface area (Å²) in [6, 6.07) is 5.89. The molecule has 0 atom stereocenters. The highest BCUT2D eigenvalue weighted by Crippen LogP contribution is 2.19. The summed E-state index contributed by atoms with van der Waals surface area (Å²) in [5.41, 5.74) is 1.14. The van der Waals surface area contributed by atoms with Crippen LogP contribution in [0.3, 0.4) is 0 Å². The van der Waals surface area contributed by atoms with Gasteiger partial charge in [0.1, 0.15) is 5.15 Å². The highest BCUT2D eigenvalue weighted by molar-refractivity contribution is 14.0. The Balaban J connectivity index is 0.00000242. The van der Waals surface area contributed by atoms with Gasteiger partial charge in [-0.3, -0.25) is 4.99 Å². The Bertz CT molecular complexity index is 603. The first-order valence-corrected chi connectivity index (χ1v) is 8.50. The lowest BCUT2D eigenvalue weighted by molar-refractivity contribution is 0.797. The Hall–Kier alpha value is -0.380. The molecule has 2 aromatic rings. The number of aliphatic imine (C=N–C) groups is 1. The summed E-state index contributed by atoms with van der Waals surface area (Å²) in [7, 11) is 1.77. The monoisotopic (exact) mass is 514 g/mol. The van der Waals surface area contributed by atoms with Crippen LogP contribution >= 0.6 is 62.8 Å². The number of hydrogen-bond acceptors (Lipinski definition) is 3. The molecule has 2 heterocycles. The van der Waals surface area contributed by atoms with Gasteiger partial charge in [-0.05, 0) is 40.0 Å². The van der Waals surface area contributed by atoms with Crippen molar-refractivity contribution in [2.45, 2.75) is 13.0 Å². The van der Waals surface area contributed by atoms with Crippen LogP contribution in [0.5, 0.6) is 0 Å². The van der Waals surface area contributed by atoms with Gasteiger partial charge < -0.3 is 10.6 Å². The molecule has 0 bridgehead atoms. The topological polar surface area (TPSA) is 49.3 Å². The van der Waals surface area contributed by atoms with Gasteiger partial charge in [-0.25, -0.2) is 4.98 Å². The fourth-order valence-electron chi connectivity index (χ4n) is 1.72. The van der Waals surface area contributed by atoms with Crippen LogP contribution in [0.2, 0.25) is 5.15 Å². The fourth-order valence-corrected chi connectivity index (χ4v) is 3.22. The number of nitrogens with one attached hydrogen (secondary N) is 2. The molecule has 0 aromatic carbocycles. The third-order valence-corrected chi connectivity index (χ3v) is 4.69. The molecular weight excluding hydrogens is 499 g/mol. The zero-order valence-electron chi connectivity index (χ0n) is 12.0. The van der Waals surface area contributed by atoms with Crippen LogP contribution in [0.4, 0.5) is 0 Å². The zero-order valence-corrected chi connectivity index (χ0v) is 17.5. The third kappa shape index (κ3) is 6.80. The number of thiophene rings is 1. The van der Waals surface area contributed by atoms with E-state index in [1.165, 1.54) is 4.88 Å². The molecule has 2 N–H and O–H groups in total. The van der Waals surface area contributed by atoms with Crippen molar-refractivity contribution in [2.24, 2.45) is 4.99 Å². The van der Waals surface area contributed by atoms with Crippen LogP contribution in [-0.4, -0.2) is 24.5 Å². The SMILES string of the molecule is CN=C(NCCc1ccc(Cl)nc1)NCc1cc(Br)cs1.I. The van der Waals surface area contributed by atoms with Gasteiger partial charge in [0.15, 0.2) is 5.96 Å². The maximum Gasteiger partial charge on any atom is 0.191 e. The zero-order chi connectivity index (χ0) is 15.1. The van der Waals surface area contributed by atoms with Crippen molar-refractivity contribution < 1.29 is 0 Å². The van der Waals surface area contributed by atoms with E-state index in [1.807, 2.05) is 6.07 Å². The van der Waals surface area contributed by atoms with Gasteiger partial charge in [-0.15, -0.1) is 35.3 Å². The first-order valence-electron chi connectivity index (χ1n) is 6.45. The largest absolute Gasteiger partial charge is 0.356 e. The summed E-state index contributed by atoms with van der Waals surface area (Å²) >= 11 is 10.9. The maximum absolute atomic E-state index is 5.76. The normalized spacial score (nSPS) is 11.0. The smallest absolute Gasteiger partial charge is 0.191 e. The molecular formula is C14H17BrClIN4S. The molecule has 0 aliphatic rings. The third-order valence-electron chi connectivity index (χ3n) is 2.77. The van der Waals surface area contributed by atoms with Crippen molar-refractivity contribution in [1.82, 2.24) is 15.6 Å². The van der Waals surface area contributed by atoms with Crippen LogP contribution in [0.1, 0.15) is 10.4 Å². The summed E-state index contributed by atoms with van der Waals surface area (Å²) in [5.74, 6) is 0.793. The van der Waals surface area contributed by atoms with Crippen molar-refractivity contribution >= 4 is 68.8 Å². The molecule has 0 unspecified atom stereocenters. The van der Waals surface area contributed by atoms with E-state index in [2.05, 4.69) is 48.0 Å². The lowest BCUT2D eigenvalue weighted by Crippen LogP contribution is -2.37. The average Bonchev–Trinajstić information content (AvgIpc) is 2.90. The van der Waals surface area contributed by atoms with Crippen molar-refractivity contribution in [3.63, 3.8) is 0 Å². The number of pyridine rings is 1. The standard InChI is InChI=1S/C14H16BrClN4S.HI/c1-17-14(20-8-12-6-11(15)9-21-12)18-5-4-10-2-3-13(16)19-7-10;/h2-3,6-7,9H,4-5,8H2,1H3,(H2,17,18,20);1H. The average molecular weight is 516 g/mol. The number of halogens is 3. The van der Waals surface area contributed by atoms with E-state index in [9.17, 15) is 0 Å². The Labute approximate surface area is 164 Å². The molecule has 8 heteroatoms. The van der Waals surface area contributed by atoms with E-state index in [-0.39, 0.29) is 24.0 Å². The van der Waals surface area contributed by atoms with E-state index >= 15 is 0 Å². The van der Waals surface area contributed by atoms with Crippen molar-refractivity contribution in [1.29, 1.82) is 0 Å². The molecule has 0 amide bonds. The molecule has 0 aliphatic carbocycles. The number of hydrogen-bond donors (Lipinski definition) is 2. The summed E-state index contributed by atoms with van der Waals surface area (Å²) in [4.78, 5) is 9.53. The van der Waals surface area contributed by atoms with E-state index in [4.69, 9.17) is 11.6 Å². The van der Waals surface area contributed by atoms with Gasteiger partial charge in [-0.2, -0.15) is 0 Å². The van der Waals surface area contributed by atoms with Crippen molar-refractivity contribution in [3.8, 4) is 0 Å². The first-order chi connectivity index (χ1) is 10.2. The predicted molar refractivity (Wildman–Crippen MR) is 109 cm³/mol. The maximum atomic E-state index is 5.76. The number of guanidine groups is 1. The molecule has 2 aromatic heterocycles. The molecule has 0 fully saturated rings. The minimum absolute atomic E-state index is 0. The van der Waals surface area contributed by atoms with Crippen LogP contribution in [0.25, 0.3) is 0 Å². The minimum Gasteiger partial charge on any atom is -0.356 e. The molecule has 0 radical (unpaired) electrons. The molecule has 4 nitrogen and oxygen atoms in total. The van der Waals surface area contributed by atoms with Gasteiger partial charge in [0, 0.05) is 34.5 Å². The van der Waals surface area contributed by atoms with Gasteiger partial charge in [-0.1, -0.05) is 17.7 Å². The minimum atomic E-state index is 0. The van der Waals surface area contributed by atoms with E-state index < -0.39 is 0 Å². The van der Waals surface area contributed by atoms with Crippen molar-refractivity contribution in [3.05, 3.63) is 49.8 Å². The second-order valence-corrected chi connectivity index (χ2v) is 6.62. The Morgan fingerprint density at radius 1 is 1.41 bits per heavy atom. The Kier molecular flexibility index (Phi) is 9.30. The summed E-state index contributed by atoms with van der Waals surface area (Å²) in [6.07, 6.45) is 2.67. The lowest BCUT2D eigenvalue weighted by Gasteiger charge is -2.11. The van der Waals surface area contributed by atoms with Crippen LogP contribution < -0.4 is 10.6 Å². The molecule has 0 saturated carbocycles. The summed E-state index contributed by atoms with van der Waals surface area (Å²) in [6.45, 7) is 1.55. The second-order valence-electron chi connectivity index (χ2n) is 4.32. The molecule has 0 aliphatic heterocycles. The van der Waals surface area contributed by atoms with Gasteiger partial charge in [0.25, 0.3) is 0 Å². The second kappa shape index (κ2) is 10.4. The van der Waals surface area contributed by atoms with Gasteiger partial charge in [0.05, 0.1) is 6.54 Å². The predicted octanol–water partition coefficient (Wildman–Crippen LogP) is 4.08. The lowest BCUT2D eigenvalue weighted by atomic mass is 10.2. The molecule has 22 heavy (non-hydrogen) atoms. The Morgan fingerprint density at radius 2 is 2.23 bits per heavy atom. The van der Waals surface area contributed by atoms with Crippen LogP contribution in [0.15, 0.2) is 39.2 Å². The van der Waals surface area contributed by atoms with E-state index in [0.29, 0.717) is 5.15 Å². The van der Waals surface area contributed by atoms with Crippen LogP contribution in [-0.2, 0) is 13.0 Å².